The van der Waals surface area contributed by atoms with Gasteiger partial charge in [-0.15, -0.1) is 0 Å². The summed E-state index contributed by atoms with van der Waals surface area (Å²) in [6.07, 6.45) is 8.94. The minimum atomic E-state index is -0.567. The summed E-state index contributed by atoms with van der Waals surface area (Å²) in [6.45, 7) is 4.90. The molecule has 1 aliphatic rings. The predicted octanol–water partition coefficient (Wildman–Crippen LogP) is 2.66. The molecule has 0 amide bonds. The Morgan fingerprint density at radius 1 is 1.38 bits per heavy atom. The zero-order valence-electron chi connectivity index (χ0n) is 11.0. The average molecular weight is 245 g/mol. The molecule has 2 atom stereocenters. The summed E-state index contributed by atoms with van der Waals surface area (Å²) in [4.78, 5) is 0. The summed E-state index contributed by atoms with van der Waals surface area (Å²) in [5, 5.41) is 13.6. The summed E-state index contributed by atoms with van der Waals surface area (Å²) < 4.78 is 0. The van der Waals surface area contributed by atoms with E-state index in [9.17, 15) is 5.11 Å². The normalized spacial score (nSPS) is 24.0. The van der Waals surface area contributed by atoms with Crippen LogP contribution in [0.25, 0.3) is 0 Å². The Hall–Kier alpha value is 0.270. The number of nitrogens with one attached hydrogen (secondary N) is 1. The van der Waals surface area contributed by atoms with Gasteiger partial charge in [0.05, 0.1) is 5.60 Å². The van der Waals surface area contributed by atoms with Crippen molar-refractivity contribution >= 4 is 11.8 Å². The molecule has 1 aliphatic carbocycles. The van der Waals surface area contributed by atoms with E-state index in [0.717, 1.165) is 11.7 Å². The van der Waals surface area contributed by atoms with Crippen molar-refractivity contribution in [2.45, 2.75) is 57.6 Å². The molecule has 0 spiro atoms. The zero-order chi connectivity index (χ0) is 12.0. The molecule has 0 aromatic carbocycles. The second-order valence-corrected chi connectivity index (χ2v) is 6.36. The van der Waals surface area contributed by atoms with Crippen molar-refractivity contribution in [2.75, 3.05) is 18.6 Å². The van der Waals surface area contributed by atoms with Crippen LogP contribution in [0, 0.1) is 5.92 Å². The number of hydrogen-bond acceptors (Lipinski definition) is 3. The van der Waals surface area contributed by atoms with Crippen molar-refractivity contribution in [3.05, 3.63) is 0 Å². The standard InChI is InChI=1S/C13H27NOS/c1-11(12-7-5-4-6-8-12)14-9-13(2,15)10-16-3/h11-12,14-15H,4-10H2,1-3H3. The fraction of sp³-hybridized carbons (Fsp3) is 1.00. The topological polar surface area (TPSA) is 32.3 Å². The smallest absolute Gasteiger partial charge is 0.0833 e. The Balaban J connectivity index is 2.25. The van der Waals surface area contributed by atoms with E-state index in [4.69, 9.17) is 0 Å². The van der Waals surface area contributed by atoms with Crippen molar-refractivity contribution in [3.8, 4) is 0 Å². The van der Waals surface area contributed by atoms with Crippen molar-refractivity contribution < 1.29 is 5.11 Å². The minimum absolute atomic E-state index is 0.550. The van der Waals surface area contributed by atoms with Crippen LogP contribution in [-0.4, -0.2) is 35.3 Å². The second kappa shape index (κ2) is 6.87. The number of thioether (sulfide) groups is 1. The molecule has 1 saturated carbocycles. The fourth-order valence-corrected chi connectivity index (χ4v) is 3.27. The Bertz CT molecular complexity index is 190. The third-order valence-electron chi connectivity index (χ3n) is 3.62. The van der Waals surface area contributed by atoms with E-state index in [1.165, 1.54) is 32.1 Å². The molecule has 0 saturated heterocycles. The van der Waals surface area contributed by atoms with Gasteiger partial charge >= 0.3 is 0 Å². The summed E-state index contributed by atoms with van der Waals surface area (Å²) in [5.41, 5.74) is -0.567. The Labute approximate surface area is 105 Å². The average Bonchev–Trinajstić information content (AvgIpc) is 2.27. The number of rotatable bonds is 6. The van der Waals surface area contributed by atoms with Gasteiger partial charge < -0.3 is 10.4 Å². The predicted molar refractivity (Wildman–Crippen MR) is 73.0 cm³/mol. The molecular formula is C13H27NOS. The van der Waals surface area contributed by atoms with Crippen LogP contribution in [0.1, 0.15) is 46.0 Å². The third kappa shape index (κ3) is 5.07. The van der Waals surface area contributed by atoms with E-state index >= 15 is 0 Å². The lowest BCUT2D eigenvalue weighted by Gasteiger charge is -2.31. The van der Waals surface area contributed by atoms with E-state index < -0.39 is 5.60 Å². The summed E-state index contributed by atoms with van der Waals surface area (Å²) in [5.74, 6) is 1.62. The van der Waals surface area contributed by atoms with Gasteiger partial charge in [-0.05, 0) is 38.9 Å². The first-order valence-corrected chi connectivity index (χ1v) is 7.89. The van der Waals surface area contributed by atoms with Crippen LogP contribution in [-0.2, 0) is 0 Å². The molecule has 0 aliphatic heterocycles. The molecule has 0 aromatic heterocycles. The monoisotopic (exact) mass is 245 g/mol. The summed E-state index contributed by atoms with van der Waals surface area (Å²) in [6, 6.07) is 0.550. The minimum Gasteiger partial charge on any atom is -0.388 e. The van der Waals surface area contributed by atoms with Crippen LogP contribution < -0.4 is 5.32 Å². The maximum absolute atomic E-state index is 10.1. The highest BCUT2D eigenvalue weighted by Gasteiger charge is 2.24. The lowest BCUT2D eigenvalue weighted by Crippen LogP contribution is -2.45. The van der Waals surface area contributed by atoms with E-state index in [-0.39, 0.29) is 0 Å². The molecule has 1 rings (SSSR count). The van der Waals surface area contributed by atoms with Crippen molar-refractivity contribution in [1.29, 1.82) is 0 Å². The molecule has 0 aromatic rings. The van der Waals surface area contributed by atoms with Gasteiger partial charge in [0, 0.05) is 18.3 Å². The molecule has 3 heteroatoms. The lowest BCUT2D eigenvalue weighted by molar-refractivity contribution is 0.0779. The molecule has 2 N–H and O–H groups in total. The van der Waals surface area contributed by atoms with Gasteiger partial charge in [0.1, 0.15) is 0 Å². The number of hydrogen-bond donors (Lipinski definition) is 2. The first-order valence-electron chi connectivity index (χ1n) is 6.50. The number of aliphatic hydroxyl groups is 1. The molecule has 96 valence electrons. The van der Waals surface area contributed by atoms with E-state index in [2.05, 4.69) is 12.2 Å². The maximum Gasteiger partial charge on any atom is 0.0833 e. The first kappa shape index (κ1) is 14.3. The van der Waals surface area contributed by atoms with Gasteiger partial charge in [-0.3, -0.25) is 0 Å². The Morgan fingerprint density at radius 2 is 2.00 bits per heavy atom. The van der Waals surface area contributed by atoms with Crippen molar-refractivity contribution in [1.82, 2.24) is 5.32 Å². The first-order chi connectivity index (χ1) is 7.55. The van der Waals surface area contributed by atoms with Gasteiger partial charge in [0.25, 0.3) is 0 Å². The van der Waals surface area contributed by atoms with Crippen LogP contribution in [0.3, 0.4) is 0 Å². The largest absolute Gasteiger partial charge is 0.388 e. The van der Waals surface area contributed by atoms with Crippen LogP contribution in [0.2, 0.25) is 0 Å². The summed E-state index contributed by atoms with van der Waals surface area (Å²) in [7, 11) is 0. The van der Waals surface area contributed by atoms with Crippen LogP contribution >= 0.6 is 11.8 Å². The van der Waals surface area contributed by atoms with E-state index in [1.54, 1.807) is 11.8 Å². The van der Waals surface area contributed by atoms with Crippen LogP contribution in [0.5, 0.6) is 0 Å². The van der Waals surface area contributed by atoms with Crippen LogP contribution in [0.4, 0.5) is 0 Å². The second-order valence-electron chi connectivity index (χ2n) is 5.50. The highest BCUT2D eigenvalue weighted by atomic mass is 32.2. The molecule has 2 nitrogen and oxygen atoms in total. The molecule has 16 heavy (non-hydrogen) atoms. The molecular weight excluding hydrogens is 218 g/mol. The maximum atomic E-state index is 10.1. The summed E-state index contributed by atoms with van der Waals surface area (Å²) >= 11 is 1.71. The highest BCUT2D eigenvalue weighted by Crippen LogP contribution is 2.26. The lowest BCUT2D eigenvalue weighted by atomic mass is 9.84. The molecule has 1 fully saturated rings. The van der Waals surface area contributed by atoms with Gasteiger partial charge in [-0.1, -0.05) is 19.3 Å². The Kier molecular flexibility index (Phi) is 6.16. The van der Waals surface area contributed by atoms with Crippen LogP contribution in [0.15, 0.2) is 0 Å². The van der Waals surface area contributed by atoms with E-state index in [0.29, 0.717) is 12.6 Å². The van der Waals surface area contributed by atoms with Gasteiger partial charge in [0.2, 0.25) is 0 Å². The molecule has 0 radical (unpaired) electrons. The van der Waals surface area contributed by atoms with Gasteiger partial charge in [-0.2, -0.15) is 11.8 Å². The van der Waals surface area contributed by atoms with Gasteiger partial charge in [-0.25, -0.2) is 0 Å². The third-order valence-corrected chi connectivity index (χ3v) is 4.53. The molecule has 0 bridgehead atoms. The van der Waals surface area contributed by atoms with Gasteiger partial charge in [0.15, 0.2) is 0 Å². The molecule has 0 heterocycles. The SMILES string of the molecule is CSCC(C)(O)CNC(C)C1CCCCC1. The van der Waals surface area contributed by atoms with Crippen molar-refractivity contribution in [2.24, 2.45) is 5.92 Å². The molecule has 2 unspecified atom stereocenters. The highest BCUT2D eigenvalue weighted by molar-refractivity contribution is 7.98. The van der Waals surface area contributed by atoms with Crippen molar-refractivity contribution in [3.63, 3.8) is 0 Å². The Morgan fingerprint density at radius 3 is 2.56 bits per heavy atom. The van der Waals surface area contributed by atoms with E-state index in [1.807, 2.05) is 13.2 Å². The fourth-order valence-electron chi connectivity index (χ4n) is 2.54. The quantitative estimate of drug-likeness (QED) is 0.754. The zero-order valence-corrected chi connectivity index (χ0v) is 11.8.